The highest BCUT2D eigenvalue weighted by Crippen LogP contribution is 2.18. The topological polar surface area (TPSA) is 77.8 Å². The lowest BCUT2D eigenvalue weighted by Gasteiger charge is -2.26. The summed E-state index contributed by atoms with van der Waals surface area (Å²) in [7, 11) is 0. The van der Waals surface area contributed by atoms with Crippen molar-refractivity contribution in [2.45, 2.75) is 33.1 Å². The predicted octanol–water partition coefficient (Wildman–Crippen LogP) is 2.64. The zero-order valence-corrected chi connectivity index (χ0v) is 12.6. The van der Waals surface area contributed by atoms with Gasteiger partial charge in [0.15, 0.2) is 0 Å². The van der Waals surface area contributed by atoms with Crippen LogP contribution in [-0.4, -0.2) is 35.2 Å². The molecule has 116 valence electrons. The average molecular weight is 293 g/mol. The molecular weight excluding hydrogens is 270 g/mol. The number of carboxylic acid groups (broad SMARTS) is 2. The molecule has 0 heterocycles. The van der Waals surface area contributed by atoms with Gasteiger partial charge in [0.1, 0.15) is 0 Å². The Labute approximate surface area is 125 Å². The van der Waals surface area contributed by atoms with Crippen molar-refractivity contribution in [2.24, 2.45) is 5.92 Å². The molecule has 0 bridgehead atoms. The van der Waals surface area contributed by atoms with E-state index in [1.54, 1.807) is 6.92 Å². The van der Waals surface area contributed by atoms with Crippen molar-refractivity contribution in [1.29, 1.82) is 0 Å². The number of hydrogen-bond acceptors (Lipinski definition) is 3. The van der Waals surface area contributed by atoms with Crippen LogP contribution in [-0.2, 0) is 16.0 Å². The molecule has 1 aromatic rings. The molecule has 21 heavy (non-hydrogen) atoms. The van der Waals surface area contributed by atoms with Crippen LogP contribution >= 0.6 is 0 Å². The summed E-state index contributed by atoms with van der Waals surface area (Å²) < 4.78 is 0. The summed E-state index contributed by atoms with van der Waals surface area (Å²) in [5.74, 6) is -2.17. The summed E-state index contributed by atoms with van der Waals surface area (Å²) in [6.07, 6.45) is 1.53. The number of aliphatic carboxylic acids is 2. The van der Waals surface area contributed by atoms with Crippen LogP contribution in [0, 0.1) is 5.92 Å². The van der Waals surface area contributed by atoms with Gasteiger partial charge in [-0.15, -0.1) is 0 Å². The minimum Gasteiger partial charge on any atom is -0.481 e. The highest BCUT2D eigenvalue weighted by atomic mass is 16.4. The Hall–Kier alpha value is -2.04. The molecule has 1 atom stereocenters. The lowest BCUT2D eigenvalue weighted by molar-refractivity contribution is -0.141. The predicted molar refractivity (Wildman–Crippen MR) is 81.7 cm³/mol. The highest BCUT2D eigenvalue weighted by molar-refractivity contribution is 5.70. The van der Waals surface area contributed by atoms with Gasteiger partial charge in [-0.05, 0) is 30.5 Å². The minimum absolute atomic E-state index is 0.0883. The first-order chi connectivity index (χ1) is 9.93. The smallest absolute Gasteiger partial charge is 0.308 e. The molecule has 1 unspecified atom stereocenters. The Morgan fingerprint density at radius 1 is 1.19 bits per heavy atom. The lowest BCUT2D eigenvalue weighted by atomic mass is 10.1. The van der Waals surface area contributed by atoms with Gasteiger partial charge in [-0.2, -0.15) is 0 Å². The fourth-order valence-electron chi connectivity index (χ4n) is 2.10. The molecule has 0 aliphatic rings. The van der Waals surface area contributed by atoms with Gasteiger partial charge in [-0.25, -0.2) is 0 Å². The van der Waals surface area contributed by atoms with Gasteiger partial charge in [-0.1, -0.05) is 26.0 Å². The summed E-state index contributed by atoms with van der Waals surface area (Å²) >= 11 is 0. The first-order valence-corrected chi connectivity index (χ1v) is 7.22. The van der Waals surface area contributed by atoms with E-state index < -0.39 is 17.9 Å². The molecule has 1 rings (SSSR count). The molecule has 0 saturated carbocycles. The normalized spacial score (nSPS) is 11.9. The largest absolute Gasteiger partial charge is 0.481 e. The molecule has 0 spiro atoms. The van der Waals surface area contributed by atoms with Gasteiger partial charge in [0.25, 0.3) is 0 Å². The Balaban J connectivity index is 2.77. The average Bonchev–Trinajstić information content (AvgIpc) is 2.45. The van der Waals surface area contributed by atoms with Gasteiger partial charge in [0.2, 0.25) is 0 Å². The molecule has 0 amide bonds. The van der Waals surface area contributed by atoms with Crippen LogP contribution in [0.15, 0.2) is 24.3 Å². The van der Waals surface area contributed by atoms with E-state index in [0.717, 1.165) is 12.1 Å². The number of carboxylic acids is 2. The third-order valence-corrected chi connectivity index (χ3v) is 3.44. The van der Waals surface area contributed by atoms with Crippen molar-refractivity contribution in [1.82, 2.24) is 0 Å². The van der Waals surface area contributed by atoms with Crippen molar-refractivity contribution in [2.75, 3.05) is 18.0 Å². The monoisotopic (exact) mass is 293 g/mol. The number of hydrogen-bond donors (Lipinski definition) is 2. The number of aryl methyl sites for hydroxylation is 1. The molecular formula is C16H23NO4. The Morgan fingerprint density at radius 2 is 1.81 bits per heavy atom. The molecule has 5 nitrogen and oxygen atoms in total. The van der Waals surface area contributed by atoms with E-state index in [1.807, 2.05) is 29.2 Å². The number of rotatable bonds is 9. The maximum Gasteiger partial charge on any atom is 0.308 e. The summed E-state index contributed by atoms with van der Waals surface area (Å²) in [6.45, 7) is 4.65. The fraction of sp³-hybridized carbons (Fsp3) is 0.500. The summed E-state index contributed by atoms with van der Waals surface area (Å²) in [4.78, 5) is 23.6. The summed E-state index contributed by atoms with van der Waals surface area (Å²) in [5.41, 5.74) is 2.15. The number of nitrogens with zero attached hydrogens (tertiary/aromatic N) is 1. The Bertz CT molecular complexity index is 470. The van der Waals surface area contributed by atoms with Crippen LogP contribution in [0.1, 0.15) is 32.3 Å². The second-order valence-electron chi connectivity index (χ2n) is 5.20. The quantitative estimate of drug-likeness (QED) is 0.732. The van der Waals surface area contributed by atoms with Gasteiger partial charge < -0.3 is 15.1 Å². The third kappa shape index (κ3) is 5.85. The Morgan fingerprint density at radius 3 is 2.29 bits per heavy atom. The first-order valence-electron chi connectivity index (χ1n) is 7.22. The minimum atomic E-state index is -0.844. The number of carbonyl (C=O) groups is 2. The zero-order valence-electron chi connectivity index (χ0n) is 12.6. The van der Waals surface area contributed by atoms with Gasteiger partial charge in [0.05, 0.1) is 5.92 Å². The maximum absolute atomic E-state index is 11.0. The summed E-state index contributed by atoms with van der Waals surface area (Å²) in [6, 6.07) is 7.97. The van der Waals surface area contributed by atoms with Crippen LogP contribution in [0.25, 0.3) is 0 Å². The first kappa shape index (κ1) is 17.0. The molecule has 0 radical (unpaired) electrons. The Kier molecular flexibility index (Phi) is 6.72. The van der Waals surface area contributed by atoms with E-state index in [9.17, 15) is 9.59 Å². The van der Waals surface area contributed by atoms with Gasteiger partial charge in [-0.3, -0.25) is 9.59 Å². The maximum atomic E-state index is 11.0. The molecule has 2 N–H and O–H groups in total. The molecule has 1 aromatic carbocycles. The fourth-order valence-corrected chi connectivity index (χ4v) is 2.10. The van der Waals surface area contributed by atoms with Crippen molar-refractivity contribution in [3.05, 3.63) is 29.8 Å². The third-order valence-electron chi connectivity index (χ3n) is 3.44. The van der Waals surface area contributed by atoms with Crippen LogP contribution < -0.4 is 4.90 Å². The second kappa shape index (κ2) is 8.29. The van der Waals surface area contributed by atoms with Crippen LogP contribution in [0.4, 0.5) is 5.69 Å². The second-order valence-corrected chi connectivity index (χ2v) is 5.20. The molecule has 0 fully saturated rings. The van der Waals surface area contributed by atoms with E-state index in [1.165, 1.54) is 5.56 Å². The number of benzene rings is 1. The van der Waals surface area contributed by atoms with E-state index in [4.69, 9.17) is 10.2 Å². The molecule has 0 aromatic heterocycles. The van der Waals surface area contributed by atoms with Crippen molar-refractivity contribution in [3.63, 3.8) is 0 Å². The van der Waals surface area contributed by atoms with Crippen LogP contribution in [0.5, 0.6) is 0 Å². The lowest BCUT2D eigenvalue weighted by Crippen LogP contribution is -2.33. The van der Waals surface area contributed by atoms with Crippen LogP contribution in [0.2, 0.25) is 0 Å². The van der Waals surface area contributed by atoms with E-state index in [0.29, 0.717) is 19.5 Å². The molecule has 0 saturated heterocycles. The van der Waals surface area contributed by atoms with Crippen molar-refractivity contribution in [3.8, 4) is 0 Å². The molecule has 0 aliphatic heterocycles. The van der Waals surface area contributed by atoms with Crippen molar-refractivity contribution >= 4 is 17.6 Å². The van der Waals surface area contributed by atoms with E-state index >= 15 is 0 Å². The molecule has 5 heteroatoms. The van der Waals surface area contributed by atoms with Crippen molar-refractivity contribution < 1.29 is 19.8 Å². The van der Waals surface area contributed by atoms with Gasteiger partial charge >= 0.3 is 11.9 Å². The van der Waals surface area contributed by atoms with Gasteiger partial charge in [0, 0.05) is 25.2 Å². The molecule has 0 aliphatic carbocycles. The zero-order chi connectivity index (χ0) is 15.8. The van der Waals surface area contributed by atoms with Crippen LogP contribution in [0.3, 0.4) is 0 Å². The highest BCUT2D eigenvalue weighted by Gasteiger charge is 2.16. The van der Waals surface area contributed by atoms with E-state index in [2.05, 4.69) is 6.92 Å². The number of anilines is 1. The summed E-state index contributed by atoms with van der Waals surface area (Å²) in [5, 5.41) is 17.8. The standard InChI is InChI=1S/C16H23NO4/c1-3-13-6-8-14(9-7-13)17(10-4-5-15(18)19)11-12(2)16(20)21/h6-9,12H,3-5,10-11H2,1-2H3,(H,18,19)(H,20,21). The SMILES string of the molecule is CCc1ccc(N(CCCC(=O)O)CC(C)C(=O)O)cc1. The van der Waals surface area contributed by atoms with E-state index in [-0.39, 0.29) is 6.42 Å².